The van der Waals surface area contributed by atoms with Gasteiger partial charge in [-0.05, 0) is 12.8 Å². The smallest absolute Gasteiger partial charge is 0.279 e. The minimum absolute atomic E-state index is 0.0125. The van der Waals surface area contributed by atoms with Crippen LogP contribution in [0.5, 0.6) is 0 Å². The second kappa shape index (κ2) is 11.1. The molecule has 0 aliphatic carbocycles. The molecular formula is C16H33NO4S. The molecule has 0 amide bonds. The van der Waals surface area contributed by atoms with E-state index in [4.69, 9.17) is 5.73 Å². The summed E-state index contributed by atoms with van der Waals surface area (Å²) in [5.41, 5.74) is 5.46. The van der Waals surface area contributed by atoms with Crippen LogP contribution in [0.25, 0.3) is 0 Å². The first-order valence-corrected chi connectivity index (χ1v) is 10.00. The SMILES string of the molecule is CCCCCCCCCCCC(=O)C(CC)(CN)S(=O)(=O)O. The van der Waals surface area contributed by atoms with Crippen molar-refractivity contribution in [1.29, 1.82) is 0 Å². The molecule has 5 nitrogen and oxygen atoms in total. The number of hydrogen-bond donors (Lipinski definition) is 2. The van der Waals surface area contributed by atoms with Crippen molar-refractivity contribution < 1.29 is 17.8 Å². The van der Waals surface area contributed by atoms with Crippen LogP contribution in [-0.2, 0) is 14.9 Å². The molecule has 0 bridgehead atoms. The van der Waals surface area contributed by atoms with Gasteiger partial charge in [-0.1, -0.05) is 65.2 Å². The van der Waals surface area contributed by atoms with Gasteiger partial charge < -0.3 is 5.73 Å². The Bertz CT molecular complexity index is 402. The third-order valence-electron chi connectivity index (χ3n) is 4.41. The zero-order valence-electron chi connectivity index (χ0n) is 14.1. The molecule has 0 aliphatic rings. The van der Waals surface area contributed by atoms with Crippen molar-refractivity contribution in [2.75, 3.05) is 6.54 Å². The van der Waals surface area contributed by atoms with Crippen LogP contribution >= 0.6 is 0 Å². The predicted octanol–water partition coefficient (Wildman–Crippen LogP) is 3.47. The van der Waals surface area contributed by atoms with E-state index in [1.807, 2.05) is 0 Å². The molecule has 0 radical (unpaired) electrons. The summed E-state index contributed by atoms with van der Waals surface area (Å²) in [7, 11) is -4.46. The first kappa shape index (κ1) is 21.5. The highest BCUT2D eigenvalue weighted by molar-refractivity contribution is 7.88. The lowest BCUT2D eigenvalue weighted by Crippen LogP contribution is -2.51. The van der Waals surface area contributed by atoms with Gasteiger partial charge in [0.15, 0.2) is 10.5 Å². The molecular weight excluding hydrogens is 302 g/mol. The van der Waals surface area contributed by atoms with Crippen LogP contribution in [0.1, 0.15) is 84.5 Å². The lowest BCUT2D eigenvalue weighted by Gasteiger charge is -2.26. The quantitative estimate of drug-likeness (QED) is 0.374. The number of ketones is 1. The topological polar surface area (TPSA) is 97.5 Å². The maximum absolute atomic E-state index is 12.2. The summed E-state index contributed by atoms with van der Waals surface area (Å²) in [6.45, 7) is 3.40. The second-order valence-corrected chi connectivity index (χ2v) is 7.76. The Morgan fingerprint density at radius 1 is 0.955 bits per heavy atom. The number of rotatable bonds is 14. The van der Waals surface area contributed by atoms with E-state index in [0.29, 0.717) is 6.42 Å². The Morgan fingerprint density at radius 2 is 1.41 bits per heavy atom. The molecule has 22 heavy (non-hydrogen) atoms. The molecule has 6 heteroatoms. The lowest BCUT2D eigenvalue weighted by molar-refractivity contribution is -0.121. The Labute approximate surface area is 135 Å². The van der Waals surface area contributed by atoms with Gasteiger partial charge in [0, 0.05) is 13.0 Å². The van der Waals surface area contributed by atoms with Gasteiger partial charge in [0.25, 0.3) is 10.1 Å². The fraction of sp³-hybridized carbons (Fsp3) is 0.938. The minimum Gasteiger partial charge on any atom is -0.328 e. The van der Waals surface area contributed by atoms with E-state index in [-0.39, 0.29) is 19.4 Å². The fourth-order valence-corrected chi connectivity index (χ4v) is 3.68. The Balaban J connectivity index is 4.03. The second-order valence-electron chi connectivity index (χ2n) is 6.03. The molecule has 0 spiro atoms. The predicted molar refractivity (Wildman–Crippen MR) is 90.5 cm³/mol. The van der Waals surface area contributed by atoms with Gasteiger partial charge in [0.1, 0.15) is 0 Å². The van der Waals surface area contributed by atoms with E-state index in [1.165, 1.54) is 32.1 Å². The third kappa shape index (κ3) is 6.75. The van der Waals surface area contributed by atoms with Crippen molar-refractivity contribution in [3.8, 4) is 0 Å². The van der Waals surface area contributed by atoms with Crippen LogP contribution in [0, 0.1) is 0 Å². The first-order chi connectivity index (χ1) is 10.4. The number of nitrogens with two attached hydrogens (primary N) is 1. The van der Waals surface area contributed by atoms with Crippen LogP contribution in [0.2, 0.25) is 0 Å². The average molecular weight is 336 g/mol. The third-order valence-corrected chi connectivity index (χ3v) is 6.08. The molecule has 0 saturated carbocycles. The highest BCUT2D eigenvalue weighted by Crippen LogP contribution is 2.24. The van der Waals surface area contributed by atoms with Gasteiger partial charge in [-0.15, -0.1) is 0 Å². The highest BCUT2D eigenvalue weighted by atomic mass is 32.2. The van der Waals surface area contributed by atoms with Crippen LogP contribution < -0.4 is 5.73 Å². The zero-order chi connectivity index (χ0) is 17.1. The molecule has 1 unspecified atom stereocenters. The largest absolute Gasteiger partial charge is 0.328 e. The summed E-state index contributed by atoms with van der Waals surface area (Å²) in [4.78, 5) is 12.2. The van der Waals surface area contributed by atoms with Crippen LogP contribution in [0.4, 0.5) is 0 Å². The molecule has 0 saturated heterocycles. The van der Waals surface area contributed by atoms with E-state index >= 15 is 0 Å². The van der Waals surface area contributed by atoms with Gasteiger partial charge in [-0.25, -0.2) is 0 Å². The molecule has 0 aromatic heterocycles. The molecule has 0 aliphatic heterocycles. The maximum Gasteiger partial charge on any atom is 0.279 e. The lowest BCUT2D eigenvalue weighted by atomic mass is 9.95. The fourth-order valence-electron chi connectivity index (χ4n) is 2.71. The Morgan fingerprint density at radius 3 is 1.77 bits per heavy atom. The number of carbonyl (C=O) groups is 1. The number of Topliss-reactive ketones (excluding diaryl/α,β-unsaturated/α-hetero) is 1. The zero-order valence-corrected chi connectivity index (χ0v) is 15.0. The van der Waals surface area contributed by atoms with Gasteiger partial charge >= 0.3 is 0 Å². The molecule has 0 heterocycles. The molecule has 0 aromatic carbocycles. The van der Waals surface area contributed by atoms with Crippen molar-refractivity contribution in [1.82, 2.24) is 0 Å². The van der Waals surface area contributed by atoms with E-state index < -0.39 is 20.6 Å². The number of carbonyl (C=O) groups excluding carboxylic acids is 1. The molecule has 0 rings (SSSR count). The van der Waals surface area contributed by atoms with Crippen molar-refractivity contribution in [3.05, 3.63) is 0 Å². The summed E-state index contributed by atoms with van der Waals surface area (Å²) >= 11 is 0. The van der Waals surface area contributed by atoms with Crippen molar-refractivity contribution >= 4 is 15.9 Å². The van der Waals surface area contributed by atoms with Crippen molar-refractivity contribution in [3.63, 3.8) is 0 Å². The maximum atomic E-state index is 12.2. The number of hydrogen-bond acceptors (Lipinski definition) is 4. The molecule has 0 aromatic rings. The van der Waals surface area contributed by atoms with Crippen LogP contribution in [-0.4, -0.2) is 30.0 Å². The summed E-state index contributed by atoms with van der Waals surface area (Å²) in [5.74, 6) is -0.456. The molecule has 0 fully saturated rings. The highest BCUT2D eigenvalue weighted by Gasteiger charge is 2.46. The van der Waals surface area contributed by atoms with E-state index in [2.05, 4.69) is 6.92 Å². The normalized spacial score (nSPS) is 14.7. The van der Waals surface area contributed by atoms with Gasteiger partial charge in [-0.3, -0.25) is 9.35 Å². The molecule has 1 atom stereocenters. The van der Waals surface area contributed by atoms with E-state index in [9.17, 15) is 17.8 Å². The van der Waals surface area contributed by atoms with Gasteiger partial charge in [0.2, 0.25) is 0 Å². The van der Waals surface area contributed by atoms with E-state index in [0.717, 1.165) is 19.3 Å². The van der Waals surface area contributed by atoms with Crippen molar-refractivity contribution in [2.45, 2.75) is 89.2 Å². The number of unbranched alkanes of at least 4 members (excludes halogenated alkanes) is 8. The van der Waals surface area contributed by atoms with Gasteiger partial charge in [-0.2, -0.15) is 8.42 Å². The Hall–Kier alpha value is -0.460. The van der Waals surface area contributed by atoms with Crippen LogP contribution in [0.15, 0.2) is 0 Å². The van der Waals surface area contributed by atoms with Crippen LogP contribution in [0.3, 0.4) is 0 Å². The first-order valence-electron chi connectivity index (χ1n) is 8.56. The summed E-state index contributed by atoms with van der Waals surface area (Å²) in [6.07, 6.45) is 10.3. The summed E-state index contributed by atoms with van der Waals surface area (Å²) in [5, 5.41) is 0. The minimum atomic E-state index is -4.46. The van der Waals surface area contributed by atoms with Crippen molar-refractivity contribution in [2.24, 2.45) is 5.73 Å². The monoisotopic (exact) mass is 335 g/mol. The average Bonchev–Trinajstić information content (AvgIpc) is 2.46. The van der Waals surface area contributed by atoms with E-state index in [1.54, 1.807) is 6.92 Å². The molecule has 3 N–H and O–H groups in total. The van der Waals surface area contributed by atoms with Gasteiger partial charge in [0.05, 0.1) is 0 Å². The summed E-state index contributed by atoms with van der Waals surface area (Å²) < 4.78 is 30.4. The summed E-state index contributed by atoms with van der Waals surface area (Å²) in [6, 6.07) is 0. The Kier molecular flexibility index (Phi) is 10.9. The molecule has 132 valence electrons. The standard InChI is InChI=1S/C16H33NO4S/c1-3-5-6-7-8-9-10-11-12-13-15(18)16(4-2,14-17)22(19,20)21/h3-14,17H2,1-2H3,(H,19,20,21).